The molecule has 22 heavy (non-hydrogen) atoms. The molecule has 0 radical (unpaired) electrons. The number of nitrogens with zero attached hydrogens (tertiary/aromatic N) is 1. The van der Waals surface area contributed by atoms with E-state index in [0.29, 0.717) is 6.04 Å². The van der Waals surface area contributed by atoms with Crippen LogP contribution < -0.4 is 0 Å². The molecule has 128 valence electrons. The quantitative estimate of drug-likeness (QED) is 0.421. The van der Waals surface area contributed by atoms with Crippen LogP contribution in [-0.2, 0) is 0 Å². The van der Waals surface area contributed by atoms with Crippen molar-refractivity contribution in [2.24, 2.45) is 0 Å². The molecule has 1 aliphatic rings. The van der Waals surface area contributed by atoms with E-state index in [1.165, 1.54) is 64.2 Å². The molecule has 1 rings (SSSR count). The first-order valence-electron chi connectivity index (χ1n) is 9.66. The third-order valence-electron chi connectivity index (χ3n) is 5.25. The van der Waals surface area contributed by atoms with Gasteiger partial charge >= 0.3 is 0 Å². The minimum atomic E-state index is 0.586. The van der Waals surface area contributed by atoms with Crippen LogP contribution in [0, 0.1) is 0 Å². The number of likely N-dealkylation sites (N-methyl/N-ethyl adjacent to an activating group) is 1. The van der Waals surface area contributed by atoms with Crippen LogP contribution >= 0.6 is 0 Å². The monoisotopic (exact) mass is 305 g/mol. The second-order valence-electron chi connectivity index (χ2n) is 7.21. The summed E-state index contributed by atoms with van der Waals surface area (Å²) in [6.45, 7) is 9.34. The van der Waals surface area contributed by atoms with Crippen LogP contribution in [0.3, 0.4) is 0 Å². The summed E-state index contributed by atoms with van der Waals surface area (Å²) in [5.74, 6) is 0. The Bertz CT molecular complexity index is 387. The van der Waals surface area contributed by atoms with Crippen molar-refractivity contribution in [1.29, 1.82) is 0 Å². The Balaban J connectivity index is 3.05. The highest BCUT2D eigenvalue weighted by Crippen LogP contribution is 2.42. The first kappa shape index (κ1) is 19.5. The van der Waals surface area contributed by atoms with Crippen LogP contribution in [0.1, 0.15) is 91.9 Å². The molecule has 0 aromatic carbocycles. The van der Waals surface area contributed by atoms with E-state index in [-0.39, 0.29) is 0 Å². The first-order chi connectivity index (χ1) is 10.6. The smallest absolute Gasteiger partial charge is 0.0282 e. The minimum absolute atomic E-state index is 0.586. The second-order valence-corrected chi connectivity index (χ2v) is 7.21. The lowest BCUT2D eigenvalue weighted by molar-refractivity contribution is 0.345. The lowest BCUT2D eigenvalue weighted by Gasteiger charge is -2.24. The number of hydrogen-bond acceptors (Lipinski definition) is 1. The molecule has 0 spiro atoms. The Morgan fingerprint density at radius 3 is 1.82 bits per heavy atom. The van der Waals surface area contributed by atoms with E-state index in [0.717, 1.165) is 0 Å². The van der Waals surface area contributed by atoms with Gasteiger partial charge in [0, 0.05) is 6.04 Å². The molecule has 0 aliphatic heterocycles. The predicted octanol–water partition coefficient (Wildman–Crippen LogP) is 6.50. The molecular formula is C21H39N. The summed E-state index contributed by atoms with van der Waals surface area (Å²) in [4.78, 5) is 2.39. The van der Waals surface area contributed by atoms with Crippen molar-refractivity contribution < 1.29 is 0 Å². The topological polar surface area (TPSA) is 3.24 Å². The fourth-order valence-corrected chi connectivity index (χ4v) is 3.54. The highest BCUT2D eigenvalue weighted by atomic mass is 15.1. The largest absolute Gasteiger partial charge is 0.303 e. The van der Waals surface area contributed by atoms with E-state index in [1.54, 1.807) is 22.3 Å². The lowest BCUT2D eigenvalue weighted by Crippen LogP contribution is -2.27. The Morgan fingerprint density at radius 2 is 1.32 bits per heavy atom. The van der Waals surface area contributed by atoms with Gasteiger partial charge in [-0.2, -0.15) is 0 Å². The fourth-order valence-electron chi connectivity index (χ4n) is 3.54. The zero-order valence-corrected chi connectivity index (χ0v) is 16.1. The van der Waals surface area contributed by atoms with Gasteiger partial charge in [0.15, 0.2) is 0 Å². The minimum Gasteiger partial charge on any atom is -0.303 e. The summed E-state index contributed by atoms with van der Waals surface area (Å²) in [6.07, 6.45) is 13.2. The van der Waals surface area contributed by atoms with Crippen LogP contribution in [0.25, 0.3) is 0 Å². The molecule has 0 fully saturated rings. The maximum atomic E-state index is 2.39. The molecule has 0 saturated heterocycles. The average molecular weight is 306 g/mol. The van der Waals surface area contributed by atoms with Crippen LogP contribution in [0.5, 0.6) is 0 Å². The SMILES string of the molecule is CCCCC1=C(CCCC)C(CCCC)=C(C(C)N(C)C)C1. The second kappa shape index (κ2) is 10.3. The summed E-state index contributed by atoms with van der Waals surface area (Å²) < 4.78 is 0. The lowest BCUT2D eigenvalue weighted by atomic mass is 9.93. The van der Waals surface area contributed by atoms with Gasteiger partial charge in [-0.05, 0) is 82.7 Å². The standard InChI is InChI=1S/C21H39N/c1-7-10-13-18-16-21(17(4)22(5)6)20(15-12-9-3)19(18)14-11-8-2/h17H,7-16H2,1-6H3. The molecule has 0 amide bonds. The molecule has 0 heterocycles. The third-order valence-corrected chi connectivity index (χ3v) is 5.25. The van der Waals surface area contributed by atoms with Crippen LogP contribution in [-0.4, -0.2) is 25.0 Å². The summed E-state index contributed by atoms with van der Waals surface area (Å²) in [6, 6.07) is 0.586. The Hall–Kier alpha value is -0.560. The Labute approximate surface area is 139 Å². The van der Waals surface area contributed by atoms with Crippen molar-refractivity contribution in [3.05, 3.63) is 22.3 Å². The molecule has 1 heteroatoms. The van der Waals surface area contributed by atoms with Crippen molar-refractivity contribution in [3.63, 3.8) is 0 Å². The highest BCUT2D eigenvalue weighted by molar-refractivity contribution is 5.49. The van der Waals surface area contributed by atoms with E-state index in [4.69, 9.17) is 0 Å². The zero-order valence-electron chi connectivity index (χ0n) is 16.1. The molecule has 0 N–H and O–H groups in total. The number of rotatable bonds is 11. The third kappa shape index (κ3) is 5.26. The molecule has 1 nitrogen and oxygen atoms in total. The van der Waals surface area contributed by atoms with Gasteiger partial charge in [-0.25, -0.2) is 0 Å². The van der Waals surface area contributed by atoms with Gasteiger partial charge in [-0.3, -0.25) is 0 Å². The Morgan fingerprint density at radius 1 is 0.818 bits per heavy atom. The van der Waals surface area contributed by atoms with Crippen molar-refractivity contribution in [2.75, 3.05) is 14.1 Å². The average Bonchev–Trinajstić information content (AvgIpc) is 2.85. The summed E-state index contributed by atoms with van der Waals surface area (Å²) >= 11 is 0. The van der Waals surface area contributed by atoms with Crippen LogP contribution in [0.15, 0.2) is 22.3 Å². The van der Waals surface area contributed by atoms with Crippen molar-refractivity contribution in [3.8, 4) is 0 Å². The normalized spacial score (nSPS) is 17.0. The molecule has 0 aromatic heterocycles. The number of hydrogen-bond donors (Lipinski definition) is 0. The Kier molecular flexibility index (Phi) is 9.09. The van der Waals surface area contributed by atoms with Gasteiger partial charge in [-0.15, -0.1) is 0 Å². The zero-order chi connectivity index (χ0) is 16.5. The van der Waals surface area contributed by atoms with E-state index in [2.05, 4.69) is 46.7 Å². The molecule has 1 aliphatic carbocycles. The molecule has 1 atom stereocenters. The van der Waals surface area contributed by atoms with E-state index in [9.17, 15) is 0 Å². The molecule has 1 unspecified atom stereocenters. The van der Waals surface area contributed by atoms with E-state index < -0.39 is 0 Å². The van der Waals surface area contributed by atoms with Crippen molar-refractivity contribution in [2.45, 2.75) is 97.9 Å². The molecule has 0 aromatic rings. The maximum absolute atomic E-state index is 2.39. The van der Waals surface area contributed by atoms with E-state index in [1.807, 2.05) is 0 Å². The number of unbranched alkanes of at least 4 members (excludes halogenated alkanes) is 3. The van der Waals surface area contributed by atoms with Gasteiger partial charge in [0.2, 0.25) is 0 Å². The van der Waals surface area contributed by atoms with Gasteiger partial charge in [-0.1, -0.05) is 45.6 Å². The van der Waals surface area contributed by atoms with Crippen molar-refractivity contribution >= 4 is 0 Å². The predicted molar refractivity (Wildman–Crippen MR) is 100 cm³/mol. The van der Waals surface area contributed by atoms with Crippen LogP contribution in [0.4, 0.5) is 0 Å². The molecule has 0 bridgehead atoms. The van der Waals surface area contributed by atoms with Crippen molar-refractivity contribution in [1.82, 2.24) is 4.90 Å². The molecule has 0 saturated carbocycles. The summed E-state index contributed by atoms with van der Waals surface area (Å²) in [7, 11) is 4.45. The first-order valence-corrected chi connectivity index (χ1v) is 9.66. The maximum Gasteiger partial charge on any atom is 0.0282 e. The summed E-state index contributed by atoms with van der Waals surface area (Å²) in [5.41, 5.74) is 7.04. The van der Waals surface area contributed by atoms with Gasteiger partial charge < -0.3 is 4.90 Å². The number of allylic oxidation sites excluding steroid dienone is 3. The summed E-state index contributed by atoms with van der Waals surface area (Å²) in [5, 5.41) is 0. The fraction of sp³-hybridized carbons (Fsp3) is 0.810. The van der Waals surface area contributed by atoms with Gasteiger partial charge in [0.1, 0.15) is 0 Å². The molecular weight excluding hydrogens is 266 g/mol. The van der Waals surface area contributed by atoms with Crippen LogP contribution in [0.2, 0.25) is 0 Å². The van der Waals surface area contributed by atoms with E-state index >= 15 is 0 Å². The van der Waals surface area contributed by atoms with Gasteiger partial charge in [0.05, 0.1) is 0 Å². The van der Waals surface area contributed by atoms with Gasteiger partial charge in [0.25, 0.3) is 0 Å². The highest BCUT2D eigenvalue weighted by Gasteiger charge is 2.26.